The maximum absolute atomic E-state index is 12.6. The lowest BCUT2D eigenvalue weighted by atomic mass is 10.1. The fraction of sp³-hybridized carbons (Fsp3) is 0.250. The fourth-order valence-electron chi connectivity index (χ4n) is 2.84. The third kappa shape index (κ3) is 6.76. The van der Waals surface area contributed by atoms with Gasteiger partial charge in [0.2, 0.25) is 0 Å². The van der Waals surface area contributed by atoms with Gasteiger partial charge in [-0.1, -0.05) is 18.2 Å². The van der Waals surface area contributed by atoms with Crippen LogP contribution in [0.5, 0.6) is 0 Å². The molecule has 0 heterocycles. The zero-order valence-electron chi connectivity index (χ0n) is 17.9. The normalized spacial score (nSPS) is 11.5. The first-order valence-electron chi connectivity index (χ1n) is 9.65. The largest absolute Gasteiger partial charge is 0.477 e. The van der Waals surface area contributed by atoms with Crippen LogP contribution in [0, 0.1) is 20.2 Å². The molecule has 15 nitrogen and oxygen atoms in total. The second-order valence-corrected chi connectivity index (χ2v) is 6.49. The van der Waals surface area contributed by atoms with Gasteiger partial charge in [-0.2, -0.15) is 4.89 Å². The number of aromatic carboxylic acids is 2. The highest BCUT2D eigenvalue weighted by Crippen LogP contribution is 2.25. The smallest absolute Gasteiger partial charge is 0.343 e. The molecule has 0 aliphatic rings. The Morgan fingerprint density at radius 2 is 1.51 bits per heavy atom. The van der Waals surface area contributed by atoms with Crippen LogP contribution in [0.2, 0.25) is 0 Å². The zero-order chi connectivity index (χ0) is 26.1. The molecular formula is C20H18N2O13. The number of ether oxygens (including phenoxy) is 2. The molecule has 1 atom stereocenters. The Morgan fingerprint density at radius 1 is 0.943 bits per heavy atom. The summed E-state index contributed by atoms with van der Waals surface area (Å²) >= 11 is 0. The van der Waals surface area contributed by atoms with E-state index in [4.69, 9.17) is 19.2 Å². The highest BCUT2D eigenvalue weighted by molar-refractivity contribution is 6.05. The van der Waals surface area contributed by atoms with Gasteiger partial charge in [-0.3, -0.25) is 20.2 Å². The van der Waals surface area contributed by atoms with Crippen molar-refractivity contribution in [2.75, 3.05) is 13.2 Å². The average molecular weight is 494 g/mol. The van der Waals surface area contributed by atoms with Crippen molar-refractivity contribution in [1.29, 1.82) is 0 Å². The summed E-state index contributed by atoms with van der Waals surface area (Å²) in [6.45, 7) is 0.717. The first kappa shape index (κ1) is 26.8. The van der Waals surface area contributed by atoms with Crippen molar-refractivity contribution in [3.05, 3.63) is 78.9 Å². The molecule has 0 aliphatic heterocycles. The Morgan fingerprint density at radius 3 is 2.06 bits per heavy atom. The number of benzene rings is 2. The van der Waals surface area contributed by atoms with E-state index in [2.05, 4.69) is 0 Å². The second kappa shape index (κ2) is 12.1. The molecule has 186 valence electrons. The number of nitrogens with zero attached hydrogens (tertiary/aromatic N) is 2. The van der Waals surface area contributed by atoms with E-state index in [1.54, 1.807) is 6.92 Å². The van der Waals surface area contributed by atoms with Crippen LogP contribution >= 0.6 is 0 Å². The molecule has 0 saturated heterocycles. The van der Waals surface area contributed by atoms with Crippen molar-refractivity contribution in [3.8, 4) is 0 Å². The molecule has 0 bridgehead atoms. The van der Waals surface area contributed by atoms with Gasteiger partial charge in [0, 0.05) is 24.3 Å². The molecule has 0 fully saturated rings. The lowest BCUT2D eigenvalue weighted by Gasteiger charge is -2.18. The number of hydrogen-bond acceptors (Lipinski definition) is 11. The Bertz CT molecular complexity index is 1150. The first-order valence-corrected chi connectivity index (χ1v) is 9.65. The van der Waals surface area contributed by atoms with Gasteiger partial charge in [0.15, 0.2) is 5.56 Å². The van der Waals surface area contributed by atoms with Crippen LogP contribution in [0.15, 0.2) is 36.4 Å². The van der Waals surface area contributed by atoms with Crippen molar-refractivity contribution < 1.29 is 53.7 Å². The monoisotopic (exact) mass is 494 g/mol. The molecule has 1 unspecified atom stereocenters. The minimum absolute atomic E-state index is 0.125. The molecular weight excluding hydrogens is 476 g/mol. The number of carbonyl (C=O) groups is 3. The van der Waals surface area contributed by atoms with Crippen molar-refractivity contribution in [3.63, 3.8) is 0 Å². The van der Waals surface area contributed by atoms with Crippen molar-refractivity contribution >= 4 is 29.3 Å². The number of nitro groups is 2. The van der Waals surface area contributed by atoms with Gasteiger partial charge >= 0.3 is 17.9 Å². The Hall–Kier alpha value is -4.47. The summed E-state index contributed by atoms with van der Waals surface area (Å²) in [6, 6.07) is 6.46. The van der Waals surface area contributed by atoms with Gasteiger partial charge in [-0.15, -0.1) is 0 Å². The summed E-state index contributed by atoms with van der Waals surface area (Å²) in [6.07, 6.45) is -1.62. The maximum Gasteiger partial charge on any atom is 0.343 e. The number of esters is 1. The van der Waals surface area contributed by atoms with Crippen LogP contribution in [0.4, 0.5) is 11.4 Å². The van der Waals surface area contributed by atoms with E-state index in [-0.39, 0.29) is 12.2 Å². The lowest BCUT2D eigenvalue weighted by molar-refractivity contribution is -0.386. The molecule has 0 aromatic heterocycles. The van der Waals surface area contributed by atoms with Gasteiger partial charge in [-0.25, -0.2) is 19.3 Å². The number of carboxylic acids is 2. The summed E-state index contributed by atoms with van der Waals surface area (Å²) in [4.78, 5) is 65.7. The zero-order valence-corrected chi connectivity index (χ0v) is 17.9. The number of rotatable bonds is 13. The van der Waals surface area contributed by atoms with E-state index in [9.17, 15) is 44.8 Å². The average Bonchev–Trinajstić information content (AvgIpc) is 2.81. The van der Waals surface area contributed by atoms with Crippen molar-refractivity contribution in [2.45, 2.75) is 19.8 Å². The van der Waals surface area contributed by atoms with Gasteiger partial charge in [-0.05, 0) is 13.0 Å². The van der Waals surface area contributed by atoms with Crippen LogP contribution in [0.1, 0.15) is 43.6 Å². The lowest BCUT2D eigenvalue weighted by Crippen LogP contribution is -2.28. The number of carboxylic acid groups (broad SMARTS) is 2. The molecule has 0 saturated carbocycles. The minimum Gasteiger partial charge on any atom is -0.477 e. The first-order chi connectivity index (χ1) is 16.6. The van der Waals surface area contributed by atoms with E-state index >= 15 is 0 Å². The molecule has 2 N–H and O–H groups in total. The second-order valence-electron chi connectivity index (χ2n) is 6.49. The quantitative estimate of drug-likeness (QED) is 0.135. The van der Waals surface area contributed by atoms with Crippen LogP contribution in [-0.4, -0.2) is 57.5 Å². The van der Waals surface area contributed by atoms with Crippen molar-refractivity contribution in [2.24, 2.45) is 0 Å². The molecule has 35 heavy (non-hydrogen) atoms. The van der Waals surface area contributed by atoms with Gasteiger partial charge < -0.3 is 19.7 Å². The van der Waals surface area contributed by atoms with Crippen LogP contribution in [0.3, 0.4) is 0 Å². The summed E-state index contributed by atoms with van der Waals surface area (Å²) in [5.74, 6) is -4.63. The fourth-order valence-corrected chi connectivity index (χ4v) is 2.84. The summed E-state index contributed by atoms with van der Waals surface area (Å²) in [7, 11) is 0. The minimum atomic E-state index is -1.74. The Labute approximate surface area is 195 Å². The van der Waals surface area contributed by atoms with Crippen LogP contribution < -0.4 is 0 Å². The maximum atomic E-state index is 12.6. The predicted octanol–water partition coefficient (Wildman–Crippen LogP) is 2.57. The molecule has 0 spiro atoms. The van der Waals surface area contributed by atoms with Gasteiger partial charge in [0.05, 0.1) is 15.4 Å². The standard InChI is InChI=1S/C20H18N2O13/c1-2-32-10-15(34-20(27)12-6-4-8-14(22(30)31)17(12)19(25)26)35-33-9-11-5-3-7-13(21(28)29)16(11)18(23)24/h3-8,15H,2,9-10H2,1H3,(H,23,24)(H,25,26). The highest BCUT2D eigenvalue weighted by Gasteiger charge is 2.30. The van der Waals surface area contributed by atoms with E-state index in [0.29, 0.717) is 0 Å². The number of carbonyl (C=O) groups excluding carboxylic acids is 1. The van der Waals surface area contributed by atoms with Gasteiger partial charge in [0.1, 0.15) is 18.8 Å². The number of nitro benzene ring substituents is 2. The molecule has 0 aliphatic carbocycles. The van der Waals surface area contributed by atoms with E-state index in [1.807, 2.05) is 0 Å². The predicted molar refractivity (Wildman–Crippen MR) is 112 cm³/mol. The summed E-state index contributed by atoms with van der Waals surface area (Å²) in [5.41, 5.74) is -3.81. The van der Waals surface area contributed by atoms with Crippen LogP contribution in [0.25, 0.3) is 0 Å². The van der Waals surface area contributed by atoms with E-state index in [1.165, 1.54) is 12.1 Å². The SMILES string of the molecule is CCOCC(OOCc1cccc([N+](=O)[O-])c1C(=O)O)OC(=O)c1cccc([N+](=O)[O-])c1C(=O)O. The van der Waals surface area contributed by atoms with Crippen molar-refractivity contribution in [1.82, 2.24) is 0 Å². The molecule has 0 amide bonds. The Kier molecular flexibility index (Phi) is 9.27. The van der Waals surface area contributed by atoms with Crippen LogP contribution in [-0.2, 0) is 25.9 Å². The molecule has 2 aromatic carbocycles. The molecule has 0 radical (unpaired) electrons. The molecule has 2 rings (SSSR count). The highest BCUT2D eigenvalue weighted by atomic mass is 17.2. The summed E-state index contributed by atoms with van der Waals surface area (Å²) in [5, 5.41) is 40.9. The number of hydrogen-bond donors (Lipinski definition) is 2. The Balaban J connectivity index is 2.21. The van der Waals surface area contributed by atoms with E-state index in [0.717, 1.165) is 24.3 Å². The van der Waals surface area contributed by atoms with Gasteiger partial charge in [0.25, 0.3) is 17.7 Å². The van der Waals surface area contributed by atoms with E-state index < -0.39 is 75.3 Å². The molecule has 2 aromatic rings. The summed E-state index contributed by atoms with van der Waals surface area (Å²) < 4.78 is 10.1. The third-order valence-electron chi connectivity index (χ3n) is 4.30. The topological polar surface area (TPSA) is 215 Å². The third-order valence-corrected chi connectivity index (χ3v) is 4.30. The molecule has 15 heteroatoms.